The summed E-state index contributed by atoms with van der Waals surface area (Å²) in [7, 11) is 0. The highest BCUT2D eigenvalue weighted by atomic mass is 16.2. The highest BCUT2D eigenvalue weighted by Gasteiger charge is 2.43. The number of amides is 2. The van der Waals surface area contributed by atoms with Gasteiger partial charge in [-0.1, -0.05) is 17.2 Å². The maximum atomic E-state index is 12.6. The van der Waals surface area contributed by atoms with Gasteiger partial charge in [0.15, 0.2) is 0 Å². The fraction of sp³-hybridized carbons (Fsp3) is 0.467. The highest BCUT2D eigenvalue weighted by Crippen LogP contribution is 2.27. The van der Waals surface area contributed by atoms with Crippen LogP contribution in [0.2, 0.25) is 0 Å². The van der Waals surface area contributed by atoms with Gasteiger partial charge in [0.2, 0.25) is 5.91 Å². The Kier molecular flexibility index (Phi) is 2.81. The lowest BCUT2D eigenvalue weighted by atomic mass is 10.1. The van der Waals surface area contributed by atoms with Crippen molar-refractivity contribution in [1.29, 1.82) is 0 Å². The maximum Gasteiger partial charge on any atom is 0.254 e. The Bertz CT molecular complexity index is 533. The van der Waals surface area contributed by atoms with E-state index in [1.807, 2.05) is 30.9 Å². The quantitative estimate of drug-likeness (QED) is 0.828. The Morgan fingerprint density at radius 1 is 1.26 bits per heavy atom. The monoisotopic (exact) mass is 258 g/mol. The van der Waals surface area contributed by atoms with Gasteiger partial charge in [-0.25, -0.2) is 0 Å². The van der Waals surface area contributed by atoms with Crippen molar-refractivity contribution >= 4 is 11.8 Å². The van der Waals surface area contributed by atoms with E-state index >= 15 is 0 Å². The average molecular weight is 258 g/mol. The third kappa shape index (κ3) is 2.11. The Labute approximate surface area is 112 Å². The van der Waals surface area contributed by atoms with Crippen LogP contribution in [0.25, 0.3) is 0 Å². The van der Waals surface area contributed by atoms with Crippen LogP contribution in [0.5, 0.6) is 0 Å². The third-order valence-electron chi connectivity index (χ3n) is 4.02. The smallest absolute Gasteiger partial charge is 0.254 e. The molecule has 0 bridgehead atoms. The molecule has 3 rings (SSSR count). The van der Waals surface area contributed by atoms with E-state index in [0.29, 0.717) is 6.42 Å². The molecule has 1 N–H and O–H groups in total. The number of carbonyl (C=O) groups excluding carboxylic acids is 2. The van der Waals surface area contributed by atoms with Gasteiger partial charge in [-0.15, -0.1) is 0 Å². The van der Waals surface area contributed by atoms with E-state index in [4.69, 9.17) is 0 Å². The van der Waals surface area contributed by atoms with Gasteiger partial charge in [-0.3, -0.25) is 9.59 Å². The van der Waals surface area contributed by atoms with Crippen LogP contribution in [-0.4, -0.2) is 35.3 Å². The Morgan fingerprint density at radius 3 is 2.63 bits per heavy atom. The molecule has 0 spiro atoms. The molecule has 2 fully saturated rings. The van der Waals surface area contributed by atoms with E-state index in [1.165, 1.54) is 0 Å². The molecule has 1 aromatic rings. The van der Waals surface area contributed by atoms with Crippen molar-refractivity contribution in [3.8, 4) is 0 Å². The maximum absolute atomic E-state index is 12.6. The minimum Gasteiger partial charge on any atom is -0.351 e. The molecule has 0 radical (unpaired) electrons. The van der Waals surface area contributed by atoms with E-state index in [-0.39, 0.29) is 23.9 Å². The lowest BCUT2D eigenvalue weighted by molar-refractivity contribution is -0.119. The molecule has 100 valence electrons. The van der Waals surface area contributed by atoms with E-state index < -0.39 is 0 Å². The Balaban J connectivity index is 1.86. The fourth-order valence-electron chi connectivity index (χ4n) is 3.25. The standard InChI is InChI=1S/C15H18N2O2/c1-9-5-10(2)7-11(6-9)15(19)17-4-3-12-13(17)8-14(18)16-12/h5-7,12-13H,3-4,8H2,1-2H3,(H,16,18)/t12-,13-/m1/s1. The number of nitrogens with one attached hydrogen (secondary N) is 1. The predicted molar refractivity (Wildman–Crippen MR) is 71.9 cm³/mol. The zero-order valence-electron chi connectivity index (χ0n) is 11.3. The first-order chi connectivity index (χ1) is 9.04. The number of hydrogen-bond acceptors (Lipinski definition) is 2. The number of likely N-dealkylation sites (tertiary alicyclic amines) is 1. The Hall–Kier alpha value is -1.84. The van der Waals surface area contributed by atoms with Crippen LogP contribution < -0.4 is 5.32 Å². The molecule has 2 amide bonds. The topological polar surface area (TPSA) is 49.4 Å². The minimum atomic E-state index is 0.0424. The van der Waals surface area contributed by atoms with E-state index in [9.17, 15) is 9.59 Å². The molecule has 0 saturated carbocycles. The molecule has 2 atom stereocenters. The normalized spacial score (nSPS) is 25.4. The third-order valence-corrected chi connectivity index (χ3v) is 4.02. The summed E-state index contributed by atoms with van der Waals surface area (Å²) in [6.07, 6.45) is 1.31. The van der Waals surface area contributed by atoms with Crippen LogP contribution in [0.4, 0.5) is 0 Å². The molecular weight excluding hydrogens is 240 g/mol. The molecule has 2 aliphatic heterocycles. The van der Waals surface area contributed by atoms with Crippen molar-refractivity contribution in [2.24, 2.45) is 0 Å². The number of benzene rings is 1. The van der Waals surface area contributed by atoms with Gasteiger partial charge in [0.25, 0.3) is 5.91 Å². The summed E-state index contributed by atoms with van der Waals surface area (Å²) in [6.45, 7) is 4.73. The molecule has 19 heavy (non-hydrogen) atoms. The predicted octanol–water partition coefficient (Wildman–Crippen LogP) is 1.41. The van der Waals surface area contributed by atoms with Gasteiger partial charge in [-0.2, -0.15) is 0 Å². The van der Waals surface area contributed by atoms with E-state index in [1.54, 1.807) is 0 Å². The van der Waals surface area contributed by atoms with Crippen LogP contribution in [0.1, 0.15) is 34.3 Å². The van der Waals surface area contributed by atoms with Crippen LogP contribution in [0, 0.1) is 13.8 Å². The lowest BCUT2D eigenvalue weighted by Gasteiger charge is -2.23. The largest absolute Gasteiger partial charge is 0.351 e. The first-order valence-corrected chi connectivity index (χ1v) is 6.73. The van der Waals surface area contributed by atoms with Gasteiger partial charge in [-0.05, 0) is 32.4 Å². The zero-order valence-corrected chi connectivity index (χ0v) is 11.3. The van der Waals surface area contributed by atoms with Gasteiger partial charge in [0.1, 0.15) is 0 Å². The molecule has 2 saturated heterocycles. The second kappa shape index (κ2) is 4.37. The van der Waals surface area contributed by atoms with Gasteiger partial charge < -0.3 is 10.2 Å². The van der Waals surface area contributed by atoms with Crippen molar-refractivity contribution < 1.29 is 9.59 Å². The minimum absolute atomic E-state index is 0.0424. The van der Waals surface area contributed by atoms with E-state index in [2.05, 4.69) is 11.4 Å². The first-order valence-electron chi connectivity index (χ1n) is 6.73. The van der Waals surface area contributed by atoms with Crippen molar-refractivity contribution in [2.45, 2.75) is 38.8 Å². The lowest BCUT2D eigenvalue weighted by Crippen LogP contribution is -2.38. The molecule has 4 nitrogen and oxygen atoms in total. The van der Waals surface area contributed by atoms with Gasteiger partial charge >= 0.3 is 0 Å². The van der Waals surface area contributed by atoms with Crippen molar-refractivity contribution in [1.82, 2.24) is 10.2 Å². The number of nitrogens with zero attached hydrogens (tertiary/aromatic N) is 1. The number of carbonyl (C=O) groups is 2. The number of fused-ring (bicyclic) bond motifs is 1. The fourth-order valence-corrected chi connectivity index (χ4v) is 3.25. The molecule has 2 heterocycles. The highest BCUT2D eigenvalue weighted by molar-refractivity contribution is 5.96. The molecule has 1 aromatic carbocycles. The number of hydrogen-bond donors (Lipinski definition) is 1. The average Bonchev–Trinajstić information content (AvgIpc) is 2.85. The summed E-state index contributed by atoms with van der Waals surface area (Å²) in [5, 5.41) is 2.94. The van der Waals surface area contributed by atoms with Gasteiger partial charge in [0, 0.05) is 18.5 Å². The van der Waals surface area contributed by atoms with Crippen LogP contribution in [0.15, 0.2) is 18.2 Å². The van der Waals surface area contributed by atoms with Crippen LogP contribution >= 0.6 is 0 Å². The zero-order chi connectivity index (χ0) is 13.6. The summed E-state index contributed by atoms with van der Waals surface area (Å²) in [5.41, 5.74) is 2.93. The van der Waals surface area contributed by atoms with E-state index in [0.717, 1.165) is 29.7 Å². The number of rotatable bonds is 1. The summed E-state index contributed by atoms with van der Waals surface area (Å²) < 4.78 is 0. The molecule has 2 aliphatic rings. The molecule has 0 unspecified atom stereocenters. The van der Waals surface area contributed by atoms with Crippen molar-refractivity contribution in [3.63, 3.8) is 0 Å². The Morgan fingerprint density at radius 2 is 1.95 bits per heavy atom. The molecule has 0 aliphatic carbocycles. The van der Waals surface area contributed by atoms with Crippen molar-refractivity contribution in [2.75, 3.05) is 6.54 Å². The summed E-state index contributed by atoms with van der Waals surface area (Å²) in [6, 6.07) is 6.10. The van der Waals surface area contributed by atoms with Crippen LogP contribution in [-0.2, 0) is 4.79 Å². The SMILES string of the molecule is Cc1cc(C)cc(C(=O)N2CC[C@H]3NC(=O)C[C@H]32)c1. The summed E-state index contributed by atoms with van der Waals surface area (Å²) >= 11 is 0. The number of aryl methyl sites for hydroxylation is 2. The second-order valence-electron chi connectivity index (χ2n) is 5.61. The van der Waals surface area contributed by atoms with Crippen LogP contribution in [0.3, 0.4) is 0 Å². The summed E-state index contributed by atoms with van der Waals surface area (Å²) in [5.74, 6) is 0.115. The molecule has 0 aromatic heterocycles. The molecule has 4 heteroatoms. The first kappa shape index (κ1) is 12.2. The van der Waals surface area contributed by atoms with Crippen molar-refractivity contribution in [3.05, 3.63) is 34.9 Å². The molecular formula is C15H18N2O2. The van der Waals surface area contributed by atoms with Gasteiger partial charge in [0.05, 0.1) is 12.1 Å². The summed E-state index contributed by atoms with van der Waals surface area (Å²) in [4.78, 5) is 25.9. The second-order valence-corrected chi connectivity index (χ2v) is 5.61.